The van der Waals surface area contributed by atoms with Crippen molar-refractivity contribution < 1.29 is 9.90 Å². The van der Waals surface area contributed by atoms with Crippen LogP contribution < -0.4 is 10.9 Å². The second-order valence-electron chi connectivity index (χ2n) is 7.15. The van der Waals surface area contributed by atoms with Crippen molar-refractivity contribution in [1.82, 2.24) is 9.88 Å². The standard InChI is InChI=1S/C21H26N2O3/c1-14-12-13-23(15(2)16-6-4-3-5-7-16)21(26)19(14)20(25)22-17-8-10-18(24)11-9-17/h3-7,12-13,15,17-18,24H,8-11H2,1-2H3,(H,22,25). The van der Waals surface area contributed by atoms with Crippen LogP contribution in [0.4, 0.5) is 0 Å². The minimum absolute atomic E-state index is 0.0184. The fraction of sp³-hybridized carbons (Fsp3) is 0.429. The third-order valence-corrected chi connectivity index (χ3v) is 5.29. The summed E-state index contributed by atoms with van der Waals surface area (Å²) in [6.45, 7) is 3.74. The molecule has 1 aromatic heterocycles. The lowest BCUT2D eigenvalue weighted by molar-refractivity contribution is 0.0865. The molecule has 5 nitrogen and oxygen atoms in total. The number of aliphatic hydroxyl groups is 1. The fourth-order valence-corrected chi connectivity index (χ4v) is 3.59. The third-order valence-electron chi connectivity index (χ3n) is 5.29. The van der Waals surface area contributed by atoms with E-state index in [0.717, 1.165) is 18.4 Å². The van der Waals surface area contributed by atoms with Crippen LogP contribution in [0, 0.1) is 6.92 Å². The number of rotatable bonds is 4. The van der Waals surface area contributed by atoms with Gasteiger partial charge in [0.25, 0.3) is 11.5 Å². The lowest BCUT2D eigenvalue weighted by Gasteiger charge is -2.26. The molecule has 1 aromatic carbocycles. The summed E-state index contributed by atoms with van der Waals surface area (Å²) in [6, 6.07) is 11.5. The molecule has 3 rings (SSSR count). The van der Waals surface area contributed by atoms with Crippen molar-refractivity contribution >= 4 is 5.91 Å². The Labute approximate surface area is 153 Å². The number of carbonyl (C=O) groups excluding carboxylic acids is 1. The molecule has 0 spiro atoms. The van der Waals surface area contributed by atoms with Crippen molar-refractivity contribution in [3.8, 4) is 0 Å². The summed E-state index contributed by atoms with van der Waals surface area (Å²) in [5, 5.41) is 12.6. The van der Waals surface area contributed by atoms with Gasteiger partial charge in [-0.15, -0.1) is 0 Å². The molecule has 1 aliphatic rings. The lowest BCUT2D eigenvalue weighted by atomic mass is 9.93. The first-order valence-corrected chi connectivity index (χ1v) is 9.23. The van der Waals surface area contributed by atoms with Crippen molar-refractivity contribution in [3.05, 3.63) is 69.6 Å². The van der Waals surface area contributed by atoms with E-state index in [1.807, 2.05) is 43.3 Å². The van der Waals surface area contributed by atoms with E-state index in [1.54, 1.807) is 17.7 Å². The Bertz CT molecular complexity index is 821. The van der Waals surface area contributed by atoms with Gasteiger partial charge >= 0.3 is 0 Å². The number of aromatic nitrogens is 1. The molecule has 1 unspecified atom stereocenters. The molecule has 2 N–H and O–H groups in total. The predicted octanol–water partition coefficient (Wildman–Crippen LogP) is 2.80. The third kappa shape index (κ3) is 3.88. The van der Waals surface area contributed by atoms with Crippen LogP contribution in [0.2, 0.25) is 0 Å². The molecular formula is C21H26N2O3. The molecule has 1 fully saturated rings. The van der Waals surface area contributed by atoms with Crippen LogP contribution in [0.15, 0.2) is 47.4 Å². The van der Waals surface area contributed by atoms with Gasteiger partial charge in [0.15, 0.2) is 0 Å². The van der Waals surface area contributed by atoms with Crippen molar-refractivity contribution in [2.75, 3.05) is 0 Å². The van der Waals surface area contributed by atoms with E-state index in [0.29, 0.717) is 18.4 Å². The number of aliphatic hydroxyl groups excluding tert-OH is 1. The van der Waals surface area contributed by atoms with Crippen LogP contribution in [0.1, 0.15) is 60.1 Å². The summed E-state index contributed by atoms with van der Waals surface area (Å²) in [4.78, 5) is 25.8. The SMILES string of the molecule is Cc1ccn(C(C)c2ccccc2)c(=O)c1C(=O)NC1CCC(O)CC1. The van der Waals surface area contributed by atoms with Crippen molar-refractivity contribution in [1.29, 1.82) is 0 Å². The quantitative estimate of drug-likeness (QED) is 0.887. The highest BCUT2D eigenvalue weighted by Gasteiger charge is 2.24. The molecule has 1 aliphatic carbocycles. The maximum absolute atomic E-state index is 13.0. The summed E-state index contributed by atoms with van der Waals surface area (Å²) in [7, 11) is 0. The Morgan fingerprint density at radius 2 is 1.81 bits per heavy atom. The monoisotopic (exact) mass is 354 g/mol. The minimum Gasteiger partial charge on any atom is -0.393 e. The molecule has 1 amide bonds. The number of pyridine rings is 1. The summed E-state index contributed by atoms with van der Waals surface area (Å²) < 4.78 is 1.61. The van der Waals surface area contributed by atoms with Gasteiger partial charge in [0.1, 0.15) is 5.56 Å². The Hall–Kier alpha value is -2.40. The van der Waals surface area contributed by atoms with E-state index in [1.165, 1.54) is 0 Å². The fourth-order valence-electron chi connectivity index (χ4n) is 3.59. The van der Waals surface area contributed by atoms with Crippen LogP contribution in [-0.4, -0.2) is 27.7 Å². The van der Waals surface area contributed by atoms with Gasteiger partial charge in [0.2, 0.25) is 0 Å². The van der Waals surface area contributed by atoms with E-state index < -0.39 is 0 Å². The number of amides is 1. The maximum atomic E-state index is 13.0. The first-order valence-electron chi connectivity index (χ1n) is 9.23. The highest BCUT2D eigenvalue weighted by atomic mass is 16.3. The van der Waals surface area contributed by atoms with E-state index in [-0.39, 0.29) is 35.2 Å². The van der Waals surface area contributed by atoms with Gasteiger partial charge < -0.3 is 15.0 Å². The maximum Gasteiger partial charge on any atom is 0.264 e. The van der Waals surface area contributed by atoms with Crippen molar-refractivity contribution in [2.45, 2.75) is 57.7 Å². The molecule has 1 atom stereocenters. The van der Waals surface area contributed by atoms with E-state index >= 15 is 0 Å². The molecule has 5 heteroatoms. The highest BCUT2D eigenvalue weighted by Crippen LogP contribution is 2.19. The van der Waals surface area contributed by atoms with Gasteiger partial charge in [-0.2, -0.15) is 0 Å². The lowest BCUT2D eigenvalue weighted by Crippen LogP contribution is -2.42. The van der Waals surface area contributed by atoms with Gasteiger partial charge in [0.05, 0.1) is 12.1 Å². The van der Waals surface area contributed by atoms with E-state index in [2.05, 4.69) is 5.32 Å². The number of aryl methyl sites for hydroxylation is 1. The Kier molecular flexibility index (Phi) is 5.57. The second kappa shape index (κ2) is 7.87. The normalized spacial score (nSPS) is 21.2. The molecule has 1 saturated carbocycles. The van der Waals surface area contributed by atoms with E-state index in [9.17, 15) is 14.7 Å². The first-order chi connectivity index (χ1) is 12.5. The van der Waals surface area contributed by atoms with Gasteiger partial charge in [0, 0.05) is 12.2 Å². The van der Waals surface area contributed by atoms with Crippen LogP contribution in [0.25, 0.3) is 0 Å². The van der Waals surface area contributed by atoms with E-state index in [4.69, 9.17) is 0 Å². The summed E-state index contributed by atoms with van der Waals surface area (Å²) in [5.41, 5.74) is 1.64. The Morgan fingerprint density at radius 3 is 2.46 bits per heavy atom. The molecule has 2 aromatic rings. The average molecular weight is 354 g/mol. The summed E-state index contributed by atoms with van der Waals surface area (Å²) in [5.74, 6) is -0.316. The molecule has 1 heterocycles. The molecule has 0 bridgehead atoms. The first kappa shape index (κ1) is 18.4. The molecule has 0 aliphatic heterocycles. The molecule has 138 valence electrons. The number of nitrogens with zero attached hydrogens (tertiary/aromatic N) is 1. The Morgan fingerprint density at radius 1 is 1.15 bits per heavy atom. The molecule has 0 saturated heterocycles. The largest absolute Gasteiger partial charge is 0.393 e. The Balaban J connectivity index is 1.85. The number of hydrogen-bond donors (Lipinski definition) is 2. The van der Waals surface area contributed by atoms with Crippen LogP contribution in [-0.2, 0) is 0 Å². The topological polar surface area (TPSA) is 71.3 Å². The number of carbonyl (C=O) groups is 1. The van der Waals surface area contributed by atoms with Gasteiger partial charge in [-0.25, -0.2) is 0 Å². The van der Waals surface area contributed by atoms with Crippen LogP contribution in [0.3, 0.4) is 0 Å². The zero-order valence-corrected chi connectivity index (χ0v) is 15.3. The molecule has 26 heavy (non-hydrogen) atoms. The van der Waals surface area contributed by atoms with Crippen molar-refractivity contribution in [2.24, 2.45) is 0 Å². The number of benzene rings is 1. The smallest absolute Gasteiger partial charge is 0.264 e. The zero-order chi connectivity index (χ0) is 18.7. The van der Waals surface area contributed by atoms with Crippen LogP contribution in [0.5, 0.6) is 0 Å². The minimum atomic E-state index is -0.316. The molecular weight excluding hydrogens is 328 g/mol. The zero-order valence-electron chi connectivity index (χ0n) is 15.3. The second-order valence-corrected chi connectivity index (χ2v) is 7.15. The van der Waals surface area contributed by atoms with Crippen molar-refractivity contribution in [3.63, 3.8) is 0 Å². The van der Waals surface area contributed by atoms with Crippen LogP contribution >= 0.6 is 0 Å². The average Bonchev–Trinajstić information content (AvgIpc) is 2.64. The number of hydrogen-bond acceptors (Lipinski definition) is 3. The molecule has 0 radical (unpaired) electrons. The number of nitrogens with one attached hydrogen (secondary N) is 1. The summed E-state index contributed by atoms with van der Waals surface area (Å²) >= 11 is 0. The van der Waals surface area contributed by atoms with Gasteiger partial charge in [-0.1, -0.05) is 30.3 Å². The predicted molar refractivity (Wildman–Crippen MR) is 101 cm³/mol. The van der Waals surface area contributed by atoms with Gasteiger partial charge in [-0.05, 0) is 56.7 Å². The van der Waals surface area contributed by atoms with Gasteiger partial charge in [-0.3, -0.25) is 9.59 Å². The summed E-state index contributed by atoms with van der Waals surface area (Å²) in [6.07, 6.45) is 4.34. The highest BCUT2D eigenvalue weighted by molar-refractivity contribution is 5.95.